The van der Waals surface area contributed by atoms with Gasteiger partial charge in [-0.25, -0.2) is 0 Å². The SMILES string of the molecule is CCCC(C(=O)O)C(C)(O)c1ccc(C(F)(F)F)cc1. The summed E-state index contributed by atoms with van der Waals surface area (Å²) in [5.74, 6) is -2.24. The first-order chi connectivity index (χ1) is 9.10. The van der Waals surface area contributed by atoms with Crippen LogP contribution in [0.25, 0.3) is 0 Å². The van der Waals surface area contributed by atoms with Crippen molar-refractivity contribution in [3.05, 3.63) is 35.4 Å². The molecule has 2 atom stereocenters. The molecule has 20 heavy (non-hydrogen) atoms. The van der Waals surface area contributed by atoms with Gasteiger partial charge in [-0.3, -0.25) is 4.79 Å². The van der Waals surface area contributed by atoms with Crippen LogP contribution in [0.15, 0.2) is 24.3 Å². The van der Waals surface area contributed by atoms with E-state index in [0.717, 1.165) is 24.3 Å². The highest BCUT2D eigenvalue weighted by Gasteiger charge is 2.39. The third-order valence-electron chi connectivity index (χ3n) is 3.35. The Morgan fingerprint density at radius 2 is 1.65 bits per heavy atom. The van der Waals surface area contributed by atoms with E-state index in [0.29, 0.717) is 6.42 Å². The number of alkyl halides is 3. The van der Waals surface area contributed by atoms with Crippen LogP contribution in [-0.4, -0.2) is 16.2 Å². The summed E-state index contributed by atoms with van der Waals surface area (Å²) < 4.78 is 37.4. The zero-order valence-electron chi connectivity index (χ0n) is 11.2. The quantitative estimate of drug-likeness (QED) is 0.873. The Labute approximate surface area is 115 Å². The second kappa shape index (κ2) is 5.83. The largest absolute Gasteiger partial charge is 0.481 e. The topological polar surface area (TPSA) is 57.5 Å². The number of aliphatic carboxylic acids is 1. The molecule has 0 aliphatic heterocycles. The molecule has 2 N–H and O–H groups in total. The fourth-order valence-electron chi connectivity index (χ4n) is 2.13. The summed E-state index contributed by atoms with van der Waals surface area (Å²) in [6.45, 7) is 3.09. The van der Waals surface area contributed by atoms with Crippen LogP contribution in [-0.2, 0) is 16.6 Å². The van der Waals surface area contributed by atoms with Crippen LogP contribution in [0.4, 0.5) is 13.2 Å². The van der Waals surface area contributed by atoms with Crippen LogP contribution >= 0.6 is 0 Å². The van der Waals surface area contributed by atoms with Crippen LogP contribution in [0.3, 0.4) is 0 Å². The fourth-order valence-corrected chi connectivity index (χ4v) is 2.13. The van der Waals surface area contributed by atoms with Crippen molar-refractivity contribution in [1.29, 1.82) is 0 Å². The number of benzene rings is 1. The molecule has 0 fully saturated rings. The second-order valence-corrected chi connectivity index (χ2v) is 4.90. The molecule has 1 rings (SSSR count). The van der Waals surface area contributed by atoms with Crippen molar-refractivity contribution in [2.24, 2.45) is 5.92 Å². The zero-order valence-corrected chi connectivity index (χ0v) is 11.2. The predicted octanol–water partition coefficient (Wildman–Crippen LogP) is 3.41. The van der Waals surface area contributed by atoms with Crippen molar-refractivity contribution in [2.75, 3.05) is 0 Å². The highest BCUT2D eigenvalue weighted by atomic mass is 19.4. The van der Waals surface area contributed by atoms with E-state index < -0.39 is 29.2 Å². The van der Waals surface area contributed by atoms with Crippen molar-refractivity contribution in [2.45, 2.75) is 38.5 Å². The first kappa shape index (κ1) is 16.5. The molecule has 0 saturated carbocycles. The molecule has 1 aromatic carbocycles. The zero-order chi connectivity index (χ0) is 15.6. The standard InChI is InChI=1S/C14H17F3O3/c1-3-4-11(12(18)19)13(2,20)9-5-7-10(8-6-9)14(15,16)17/h5-8,11,20H,3-4H2,1-2H3,(H,18,19). The summed E-state index contributed by atoms with van der Waals surface area (Å²) in [7, 11) is 0. The van der Waals surface area contributed by atoms with Gasteiger partial charge in [0, 0.05) is 0 Å². The number of rotatable bonds is 5. The van der Waals surface area contributed by atoms with E-state index in [4.69, 9.17) is 5.11 Å². The maximum Gasteiger partial charge on any atom is 0.416 e. The third-order valence-corrected chi connectivity index (χ3v) is 3.35. The predicted molar refractivity (Wildman–Crippen MR) is 67.0 cm³/mol. The first-order valence-corrected chi connectivity index (χ1v) is 6.23. The van der Waals surface area contributed by atoms with Gasteiger partial charge in [-0.2, -0.15) is 13.2 Å². The van der Waals surface area contributed by atoms with Gasteiger partial charge in [0.1, 0.15) is 5.60 Å². The Bertz CT molecular complexity index is 464. The minimum atomic E-state index is -4.46. The van der Waals surface area contributed by atoms with Crippen LogP contribution in [0.5, 0.6) is 0 Å². The van der Waals surface area contributed by atoms with Gasteiger partial charge in [0.2, 0.25) is 0 Å². The van der Waals surface area contributed by atoms with E-state index >= 15 is 0 Å². The van der Waals surface area contributed by atoms with Gasteiger partial charge in [0.25, 0.3) is 0 Å². The molecule has 0 radical (unpaired) electrons. The van der Waals surface area contributed by atoms with Crippen molar-refractivity contribution in [3.8, 4) is 0 Å². The van der Waals surface area contributed by atoms with Gasteiger partial charge >= 0.3 is 12.1 Å². The lowest BCUT2D eigenvalue weighted by Gasteiger charge is -2.30. The van der Waals surface area contributed by atoms with Crippen LogP contribution in [0.1, 0.15) is 37.8 Å². The molecular weight excluding hydrogens is 273 g/mol. The lowest BCUT2D eigenvalue weighted by molar-refractivity contribution is -0.152. The van der Waals surface area contributed by atoms with Gasteiger partial charge < -0.3 is 10.2 Å². The summed E-state index contributed by atoms with van der Waals surface area (Å²) in [4.78, 5) is 11.2. The van der Waals surface area contributed by atoms with Gasteiger partial charge in [-0.15, -0.1) is 0 Å². The van der Waals surface area contributed by atoms with Crippen LogP contribution in [0.2, 0.25) is 0 Å². The van der Waals surface area contributed by atoms with Crippen molar-refractivity contribution >= 4 is 5.97 Å². The highest BCUT2D eigenvalue weighted by Crippen LogP contribution is 2.35. The maximum atomic E-state index is 12.5. The minimum absolute atomic E-state index is 0.159. The lowest BCUT2D eigenvalue weighted by Crippen LogP contribution is -2.37. The highest BCUT2D eigenvalue weighted by molar-refractivity contribution is 5.72. The number of aliphatic hydroxyl groups is 1. The molecule has 0 spiro atoms. The smallest absolute Gasteiger partial charge is 0.416 e. The number of halogens is 3. The molecule has 0 amide bonds. The molecular formula is C14H17F3O3. The Morgan fingerprint density at radius 1 is 1.20 bits per heavy atom. The van der Waals surface area contributed by atoms with Crippen molar-refractivity contribution < 1.29 is 28.2 Å². The number of carbonyl (C=O) groups is 1. The van der Waals surface area contributed by atoms with Gasteiger partial charge in [-0.05, 0) is 31.0 Å². The maximum absolute atomic E-state index is 12.5. The van der Waals surface area contributed by atoms with E-state index in [1.165, 1.54) is 6.92 Å². The van der Waals surface area contributed by atoms with E-state index in [2.05, 4.69) is 0 Å². The average Bonchev–Trinajstić information content (AvgIpc) is 2.34. The molecule has 0 aliphatic rings. The Kier molecular flexibility index (Phi) is 4.81. The number of hydrogen-bond donors (Lipinski definition) is 2. The Balaban J connectivity index is 3.11. The molecule has 2 unspecified atom stereocenters. The molecule has 1 aromatic rings. The van der Waals surface area contributed by atoms with Crippen molar-refractivity contribution in [3.63, 3.8) is 0 Å². The second-order valence-electron chi connectivity index (χ2n) is 4.90. The Morgan fingerprint density at radius 3 is 2.00 bits per heavy atom. The molecule has 3 nitrogen and oxygen atoms in total. The minimum Gasteiger partial charge on any atom is -0.481 e. The molecule has 0 saturated heterocycles. The van der Waals surface area contributed by atoms with E-state index in [9.17, 15) is 23.1 Å². The van der Waals surface area contributed by atoms with Gasteiger partial charge in [0.05, 0.1) is 11.5 Å². The summed E-state index contributed by atoms with van der Waals surface area (Å²) in [5.41, 5.74) is -2.39. The molecule has 0 aliphatic carbocycles. The Hall–Kier alpha value is -1.56. The molecule has 6 heteroatoms. The summed E-state index contributed by atoms with van der Waals surface area (Å²) in [6.07, 6.45) is -3.67. The average molecular weight is 290 g/mol. The monoisotopic (exact) mass is 290 g/mol. The molecule has 0 bridgehead atoms. The molecule has 0 aromatic heterocycles. The van der Waals surface area contributed by atoms with E-state index in [1.54, 1.807) is 6.92 Å². The third kappa shape index (κ3) is 3.50. The van der Waals surface area contributed by atoms with Crippen LogP contribution in [0, 0.1) is 5.92 Å². The van der Waals surface area contributed by atoms with Crippen molar-refractivity contribution in [1.82, 2.24) is 0 Å². The van der Waals surface area contributed by atoms with Gasteiger partial charge in [-0.1, -0.05) is 25.5 Å². The summed E-state index contributed by atoms with van der Waals surface area (Å²) in [6, 6.07) is 3.92. The van der Waals surface area contributed by atoms with Crippen LogP contribution < -0.4 is 0 Å². The van der Waals surface area contributed by atoms with E-state index in [-0.39, 0.29) is 12.0 Å². The first-order valence-electron chi connectivity index (χ1n) is 6.23. The fraction of sp³-hybridized carbons (Fsp3) is 0.500. The van der Waals surface area contributed by atoms with E-state index in [1.807, 2.05) is 0 Å². The molecule has 112 valence electrons. The summed E-state index contributed by atoms with van der Waals surface area (Å²) >= 11 is 0. The normalized spacial score (nSPS) is 16.5. The number of carboxylic acid groups (broad SMARTS) is 1. The molecule has 0 heterocycles. The number of hydrogen-bond acceptors (Lipinski definition) is 2. The lowest BCUT2D eigenvalue weighted by atomic mass is 9.80. The summed E-state index contributed by atoms with van der Waals surface area (Å²) in [5, 5.41) is 19.5. The van der Waals surface area contributed by atoms with Gasteiger partial charge in [0.15, 0.2) is 0 Å². The number of carboxylic acids is 1.